The molecular formula is C14H18F4N2. The summed E-state index contributed by atoms with van der Waals surface area (Å²) < 4.78 is 49.4. The van der Waals surface area contributed by atoms with Crippen LogP contribution >= 0.6 is 0 Å². The molecule has 0 amide bonds. The zero-order valence-electron chi connectivity index (χ0n) is 11.1. The number of piperidine rings is 1. The Morgan fingerprint density at radius 3 is 2.55 bits per heavy atom. The predicted molar refractivity (Wildman–Crippen MR) is 68.8 cm³/mol. The number of likely N-dealkylation sites (tertiary alicyclic amines) is 1. The molecule has 2 rings (SSSR count). The third-order valence-electron chi connectivity index (χ3n) is 3.42. The van der Waals surface area contributed by atoms with Gasteiger partial charge in [0.1, 0.15) is 5.82 Å². The van der Waals surface area contributed by atoms with Crippen LogP contribution in [0.1, 0.15) is 18.4 Å². The predicted octanol–water partition coefficient (Wildman–Crippen LogP) is 2.94. The summed E-state index contributed by atoms with van der Waals surface area (Å²) in [6, 6.07) is 6.09. The Kier molecular flexibility index (Phi) is 4.99. The molecule has 2 nitrogen and oxygen atoms in total. The molecule has 0 spiro atoms. The van der Waals surface area contributed by atoms with E-state index >= 15 is 0 Å². The second-order valence-electron chi connectivity index (χ2n) is 5.20. The summed E-state index contributed by atoms with van der Waals surface area (Å²) in [4.78, 5) is 2.10. The number of hydrogen-bond donors (Lipinski definition) is 1. The Balaban J connectivity index is 1.82. The van der Waals surface area contributed by atoms with Gasteiger partial charge in [0, 0.05) is 19.1 Å². The van der Waals surface area contributed by atoms with Crippen molar-refractivity contribution in [1.29, 1.82) is 0 Å². The van der Waals surface area contributed by atoms with E-state index in [1.807, 2.05) is 0 Å². The van der Waals surface area contributed by atoms with E-state index in [1.165, 1.54) is 12.1 Å². The van der Waals surface area contributed by atoms with Gasteiger partial charge in [-0.25, -0.2) is 4.39 Å². The zero-order valence-corrected chi connectivity index (χ0v) is 11.1. The lowest BCUT2D eigenvalue weighted by Crippen LogP contribution is -2.47. The molecule has 6 heteroatoms. The van der Waals surface area contributed by atoms with E-state index in [0.29, 0.717) is 13.1 Å². The summed E-state index contributed by atoms with van der Waals surface area (Å²) in [6.45, 7) is 1.15. The maximum atomic E-state index is 12.8. The number of halogens is 4. The SMILES string of the molecule is Fc1ccc(CN2CCCC(NCC(F)(F)F)C2)cc1. The van der Waals surface area contributed by atoms with Crippen LogP contribution in [0.4, 0.5) is 17.6 Å². The lowest BCUT2D eigenvalue weighted by Gasteiger charge is -2.33. The van der Waals surface area contributed by atoms with Crippen LogP contribution in [0.3, 0.4) is 0 Å². The highest BCUT2D eigenvalue weighted by atomic mass is 19.4. The van der Waals surface area contributed by atoms with Crippen molar-refractivity contribution in [3.05, 3.63) is 35.6 Å². The largest absolute Gasteiger partial charge is 0.401 e. The molecule has 0 saturated carbocycles. The summed E-state index contributed by atoms with van der Waals surface area (Å²) in [6.07, 6.45) is -2.54. The average molecular weight is 290 g/mol. The van der Waals surface area contributed by atoms with Crippen LogP contribution < -0.4 is 5.32 Å². The zero-order chi connectivity index (χ0) is 14.6. The van der Waals surface area contributed by atoms with E-state index in [0.717, 1.165) is 24.9 Å². The maximum absolute atomic E-state index is 12.8. The first-order valence-electron chi connectivity index (χ1n) is 6.69. The summed E-state index contributed by atoms with van der Waals surface area (Å²) in [5.74, 6) is -0.280. The topological polar surface area (TPSA) is 15.3 Å². The third kappa shape index (κ3) is 5.09. The van der Waals surface area contributed by atoms with E-state index < -0.39 is 12.7 Å². The van der Waals surface area contributed by atoms with E-state index in [9.17, 15) is 17.6 Å². The summed E-state index contributed by atoms with van der Waals surface area (Å²) in [7, 11) is 0. The minimum Gasteiger partial charge on any atom is -0.305 e. The van der Waals surface area contributed by atoms with Gasteiger partial charge in [0.05, 0.1) is 6.54 Å². The normalized spacial score (nSPS) is 21.1. The van der Waals surface area contributed by atoms with Crippen molar-refractivity contribution >= 4 is 0 Å². The quantitative estimate of drug-likeness (QED) is 0.858. The Hall–Kier alpha value is -1.14. The van der Waals surface area contributed by atoms with Crippen LogP contribution in [0.2, 0.25) is 0 Å². The minimum atomic E-state index is -4.17. The van der Waals surface area contributed by atoms with Crippen LogP contribution in [0.15, 0.2) is 24.3 Å². The van der Waals surface area contributed by atoms with Gasteiger partial charge in [-0.1, -0.05) is 12.1 Å². The average Bonchev–Trinajstić information content (AvgIpc) is 2.39. The fraction of sp³-hybridized carbons (Fsp3) is 0.571. The lowest BCUT2D eigenvalue weighted by atomic mass is 10.0. The molecule has 1 aliphatic rings. The van der Waals surface area contributed by atoms with Gasteiger partial charge in [0.15, 0.2) is 0 Å². The molecule has 0 radical (unpaired) electrons. The van der Waals surface area contributed by atoms with Crippen molar-refractivity contribution in [1.82, 2.24) is 10.2 Å². The van der Waals surface area contributed by atoms with E-state index in [1.54, 1.807) is 12.1 Å². The summed E-state index contributed by atoms with van der Waals surface area (Å²) in [5.41, 5.74) is 0.975. The smallest absolute Gasteiger partial charge is 0.305 e. The lowest BCUT2D eigenvalue weighted by molar-refractivity contribution is -0.127. The molecule has 1 N–H and O–H groups in total. The molecule has 1 aliphatic heterocycles. The molecule has 0 aliphatic carbocycles. The fourth-order valence-corrected chi connectivity index (χ4v) is 2.47. The van der Waals surface area contributed by atoms with Crippen LogP contribution in [-0.2, 0) is 6.54 Å². The fourth-order valence-electron chi connectivity index (χ4n) is 2.47. The van der Waals surface area contributed by atoms with Gasteiger partial charge in [-0.2, -0.15) is 13.2 Å². The van der Waals surface area contributed by atoms with Crippen LogP contribution in [0.25, 0.3) is 0 Å². The molecule has 0 bridgehead atoms. The van der Waals surface area contributed by atoms with E-state index in [2.05, 4.69) is 10.2 Å². The summed E-state index contributed by atoms with van der Waals surface area (Å²) in [5, 5.41) is 2.56. The third-order valence-corrected chi connectivity index (χ3v) is 3.42. The molecule has 0 aromatic heterocycles. The molecule has 1 aromatic rings. The Bertz CT molecular complexity index is 416. The van der Waals surface area contributed by atoms with Gasteiger partial charge in [-0.15, -0.1) is 0 Å². The van der Waals surface area contributed by atoms with Gasteiger partial charge in [0.2, 0.25) is 0 Å². The van der Waals surface area contributed by atoms with Crippen molar-refractivity contribution in [3.8, 4) is 0 Å². The molecule has 1 heterocycles. The molecule has 112 valence electrons. The van der Waals surface area contributed by atoms with Gasteiger partial charge >= 0.3 is 6.18 Å². The van der Waals surface area contributed by atoms with Crippen molar-refractivity contribution in [2.75, 3.05) is 19.6 Å². The summed E-state index contributed by atoms with van der Waals surface area (Å²) >= 11 is 0. The highest BCUT2D eigenvalue weighted by molar-refractivity contribution is 5.16. The van der Waals surface area contributed by atoms with Crippen LogP contribution in [0.5, 0.6) is 0 Å². The maximum Gasteiger partial charge on any atom is 0.401 e. The van der Waals surface area contributed by atoms with E-state index in [4.69, 9.17) is 0 Å². The van der Waals surface area contributed by atoms with Crippen molar-refractivity contribution in [2.24, 2.45) is 0 Å². The Labute approximate surface area is 115 Å². The number of alkyl halides is 3. The van der Waals surface area contributed by atoms with Gasteiger partial charge in [0.25, 0.3) is 0 Å². The number of benzene rings is 1. The molecule has 1 unspecified atom stereocenters. The van der Waals surface area contributed by atoms with Gasteiger partial charge < -0.3 is 5.32 Å². The van der Waals surface area contributed by atoms with Crippen LogP contribution in [-0.4, -0.2) is 36.8 Å². The molecule has 1 atom stereocenters. The first-order valence-corrected chi connectivity index (χ1v) is 6.69. The molecule has 20 heavy (non-hydrogen) atoms. The second-order valence-corrected chi connectivity index (χ2v) is 5.20. The number of nitrogens with zero attached hydrogens (tertiary/aromatic N) is 1. The Morgan fingerprint density at radius 1 is 1.20 bits per heavy atom. The monoisotopic (exact) mass is 290 g/mol. The van der Waals surface area contributed by atoms with E-state index in [-0.39, 0.29) is 11.9 Å². The van der Waals surface area contributed by atoms with Crippen molar-refractivity contribution in [3.63, 3.8) is 0 Å². The molecule has 1 aromatic carbocycles. The number of hydrogen-bond acceptors (Lipinski definition) is 2. The Morgan fingerprint density at radius 2 is 1.90 bits per heavy atom. The van der Waals surface area contributed by atoms with Crippen molar-refractivity contribution < 1.29 is 17.6 Å². The minimum absolute atomic E-state index is 0.133. The first-order chi connectivity index (χ1) is 9.42. The van der Waals surface area contributed by atoms with Gasteiger partial charge in [-0.05, 0) is 37.1 Å². The first kappa shape index (κ1) is 15.3. The highest BCUT2D eigenvalue weighted by Crippen LogP contribution is 2.17. The molecule has 1 fully saturated rings. The standard InChI is InChI=1S/C14H18F4N2/c15-12-5-3-11(4-6-12)8-20-7-1-2-13(9-20)19-10-14(16,17)18/h3-6,13,19H,1-2,7-10H2. The number of nitrogens with one attached hydrogen (secondary N) is 1. The van der Waals surface area contributed by atoms with Gasteiger partial charge in [-0.3, -0.25) is 4.90 Å². The highest BCUT2D eigenvalue weighted by Gasteiger charge is 2.29. The molecular weight excluding hydrogens is 272 g/mol. The number of rotatable bonds is 4. The molecule has 1 saturated heterocycles. The second kappa shape index (κ2) is 6.54. The van der Waals surface area contributed by atoms with Crippen LogP contribution in [0, 0.1) is 5.82 Å². The van der Waals surface area contributed by atoms with Crippen molar-refractivity contribution in [2.45, 2.75) is 31.6 Å².